The van der Waals surface area contributed by atoms with Crippen LogP contribution in [-0.2, 0) is 6.54 Å². The molecular formula is C17H28N2O. The number of ether oxygens (including phenoxy) is 1. The minimum absolute atomic E-state index is 0.598. The monoisotopic (exact) mass is 276 g/mol. The molecule has 0 heterocycles. The average Bonchev–Trinajstić information content (AvgIpc) is 3.28. The summed E-state index contributed by atoms with van der Waals surface area (Å²) >= 11 is 0. The molecule has 0 spiro atoms. The number of nitrogens with zero attached hydrogens (tertiary/aromatic N) is 1. The van der Waals surface area contributed by atoms with Crippen molar-refractivity contribution in [1.29, 1.82) is 0 Å². The van der Waals surface area contributed by atoms with Crippen LogP contribution in [0.25, 0.3) is 0 Å². The lowest BCUT2D eigenvalue weighted by Crippen LogP contribution is -2.30. The van der Waals surface area contributed by atoms with E-state index >= 15 is 0 Å². The maximum atomic E-state index is 5.42. The Labute approximate surface area is 123 Å². The summed E-state index contributed by atoms with van der Waals surface area (Å²) in [5, 5.41) is 3.58. The van der Waals surface area contributed by atoms with Gasteiger partial charge in [-0.05, 0) is 52.3 Å². The Hall–Kier alpha value is -1.06. The van der Waals surface area contributed by atoms with Crippen LogP contribution in [0.1, 0.15) is 38.2 Å². The molecule has 0 amide bonds. The topological polar surface area (TPSA) is 24.5 Å². The molecule has 1 N–H and O–H groups in total. The molecule has 1 aromatic carbocycles. The van der Waals surface area contributed by atoms with Gasteiger partial charge in [-0.1, -0.05) is 18.2 Å². The summed E-state index contributed by atoms with van der Waals surface area (Å²) in [4.78, 5) is 2.41. The summed E-state index contributed by atoms with van der Waals surface area (Å²) < 4.78 is 5.42. The Kier molecular flexibility index (Phi) is 5.86. The van der Waals surface area contributed by atoms with E-state index in [0.29, 0.717) is 6.04 Å². The molecule has 1 unspecified atom stereocenters. The second kappa shape index (κ2) is 7.65. The van der Waals surface area contributed by atoms with E-state index in [2.05, 4.69) is 36.3 Å². The lowest BCUT2D eigenvalue weighted by Gasteiger charge is -2.25. The van der Waals surface area contributed by atoms with Crippen molar-refractivity contribution >= 4 is 0 Å². The molecule has 1 aliphatic carbocycles. The first kappa shape index (κ1) is 15.3. The highest BCUT2D eigenvalue weighted by Crippen LogP contribution is 2.21. The third kappa shape index (κ3) is 4.80. The highest BCUT2D eigenvalue weighted by molar-refractivity contribution is 5.33. The standard InChI is InChI=1S/C17H28N2O/c1-14(7-6-12-18-16-10-11-16)19(2)13-15-8-4-5-9-17(15)20-3/h4-5,8-9,14,16,18H,6-7,10-13H2,1-3H3. The van der Waals surface area contributed by atoms with Crippen molar-refractivity contribution in [3.8, 4) is 5.75 Å². The molecule has 1 aromatic rings. The number of hydrogen-bond donors (Lipinski definition) is 1. The van der Waals surface area contributed by atoms with Crippen LogP contribution in [0.5, 0.6) is 5.75 Å². The molecule has 3 nitrogen and oxygen atoms in total. The lowest BCUT2D eigenvalue weighted by molar-refractivity contribution is 0.231. The van der Waals surface area contributed by atoms with E-state index < -0.39 is 0 Å². The smallest absolute Gasteiger partial charge is 0.123 e. The van der Waals surface area contributed by atoms with E-state index in [1.54, 1.807) is 7.11 Å². The van der Waals surface area contributed by atoms with Gasteiger partial charge in [0, 0.05) is 24.2 Å². The largest absolute Gasteiger partial charge is 0.496 e. The van der Waals surface area contributed by atoms with E-state index in [-0.39, 0.29) is 0 Å². The van der Waals surface area contributed by atoms with Gasteiger partial charge in [-0.3, -0.25) is 4.90 Å². The van der Waals surface area contributed by atoms with Crippen molar-refractivity contribution < 1.29 is 4.74 Å². The molecule has 3 heteroatoms. The highest BCUT2D eigenvalue weighted by Gasteiger charge is 2.19. The molecule has 0 bridgehead atoms. The second-order valence-corrected chi connectivity index (χ2v) is 5.95. The van der Waals surface area contributed by atoms with Crippen LogP contribution < -0.4 is 10.1 Å². The Morgan fingerprint density at radius 2 is 2.10 bits per heavy atom. The molecule has 0 aromatic heterocycles. The van der Waals surface area contributed by atoms with Gasteiger partial charge < -0.3 is 10.1 Å². The summed E-state index contributed by atoms with van der Waals surface area (Å²) in [7, 11) is 3.94. The first-order valence-corrected chi connectivity index (χ1v) is 7.76. The van der Waals surface area contributed by atoms with Crippen molar-refractivity contribution in [2.45, 2.75) is 51.2 Å². The zero-order chi connectivity index (χ0) is 14.4. The number of nitrogens with one attached hydrogen (secondary N) is 1. The zero-order valence-corrected chi connectivity index (χ0v) is 13.1. The molecule has 0 saturated heterocycles. The van der Waals surface area contributed by atoms with Crippen LogP contribution >= 0.6 is 0 Å². The van der Waals surface area contributed by atoms with Gasteiger partial charge in [-0.15, -0.1) is 0 Å². The number of hydrogen-bond acceptors (Lipinski definition) is 3. The van der Waals surface area contributed by atoms with E-state index in [1.807, 2.05) is 12.1 Å². The summed E-state index contributed by atoms with van der Waals surface area (Å²) in [6.45, 7) is 4.42. The number of methoxy groups -OCH3 is 1. The Morgan fingerprint density at radius 3 is 2.80 bits per heavy atom. The fourth-order valence-electron chi connectivity index (χ4n) is 2.47. The van der Waals surface area contributed by atoms with Crippen LogP contribution in [0.3, 0.4) is 0 Å². The van der Waals surface area contributed by atoms with Gasteiger partial charge in [-0.25, -0.2) is 0 Å². The number of benzene rings is 1. The van der Waals surface area contributed by atoms with Gasteiger partial charge in [-0.2, -0.15) is 0 Å². The van der Waals surface area contributed by atoms with E-state index in [0.717, 1.165) is 24.9 Å². The first-order valence-electron chi connectivity index (χ1n) is 7.76. The average molecular weight is 276 g/mol. The predicted molar refractivity (Wildman–Crippen MR) is 84.2 cm³/mol. The minimum atomic E-state index is 0.598. The van der Waals surface area contributed by atoms with Gasteiger partial charge >= 0.3 is 0 Å². The maximum absolute atomic E-state index is 5.42. The van der Waals surface area contributed by atoms with Gasteiger partial charge in [0.05, 0.1) is 7.11 Å². The molecule has 2 rings (SSSR count). The van der Waals surface area contributed by atoms with Crippen molar-refractivity contribution in [3.63, 3.8) is 0 Å². The summed E-state index contributed by atoms with van der Waals surface area (Å²) in [5.74, 6) is 0.988. The Bertz CT molecular complexity index is 404. The molecule has 0 aliphatic heterocycles. The highest BCUT2D eigenvalue weighted by atomic mass is 16.5. The van der Waals surface area contributed by atoms with Crippen molar-refractivity contribution in [3.05, 3.63) is 29.8 Å². The minimum Gasteiger partial charge on any atom is -0.496 e. The molecule has 1 atom stereocenters. The SMILES string of the molecule is COc1ccccc1CN(C)C(C)CCCNC1CC1. The van der Waals surface area contributed by atoms with Crippen molar-refractivity contribution in [1.82, 2.24) is 10.2 Å². The normalized spacial score (nSPS) is 16.4. The predicted octanol–water partition coefficient (Wildman–Crippen LogP) is 3.05. The molecule has 1 aliphatic rings. The third-order valence-electron chi connectivity index (χ3n) is 4.17. The lowest BCUT2D eigenvalue weighted by atomic mass is 10.1. The molecular weight excluding hydrogens is 248 g/mol. The molecule has 112 valence electrons. The van der Waals surface area contributed by atoms with Crippen LogP contribution in [-0.4, -0.2) is 37.7 Å². The maximum Gasteiger partial charge on any atom is 0.123 e. The number of para-hydroxylation sites is 1. The summed E-state index contributed by atoms with van der Waals surface area (Å²) in [6.07, 6.45) is 5.26. The van der Waals surface area contributed by atoms with Crippen LogP contribution in [0.4, 0.5) is 0 Å². The first-order chi connectivity index (χ1) is 9.70. The van der Waals surface area contributed by atoms with E-state index in [9.17, 15) is 0 Å². The van der Waals surface area contributed by atoms with Gasteiger partial charge in [0.2, 0.25) is 0 Å². The van der Waals surface area contributed by atoms with Crippen LogP contribution in [0, 0.1) is 0 Å². The second-order valence-electron chi connectivity index (χ2n) is 5.95. The fraction of sp³-hybridized carbons (Fsp3) is 0.647. The molecule has 1 fully saturated rings. The third-order valence-corrected chi connectivity index (χ3v) is 4.17. The fourth-order valence-corrected chi connectivity index (χ4v) is 2.47. The number of rotatable bonds is 9. The molecule has 1 saturated carbocycles. The van der Waals surface area contributed by atoms with Gasteiger partial charge in [0.15, 0.2) is 0 Å². The quantitative estimate of drug-likeness (QED) is 0.702. The van der Waals surface area contributed by atoms with E-state index in [4.69, 9.17) is 4.74 Å². The zero-order valence-electron chi connectivity index (χ0n) is 13.1. The van der Waals surface area contributed by atoms with Crippen LogP contribution in [0.2, 0.25) is 0 Å². The van der Waals surface area contributed by atoms with E-state index in [1.165, 1.54) is 31.2 Å². The van der Waals surface area contributed by atoms with Gasteiger partial charge in [0.1, 0.15) is 5.75 Å². The molecule has 0 radical (unpaired) electrons. The van der Waals surface area contributed by atoms with Crippen molar-refractivity contribution in [2.75, 3.05) is 20.7 Å². The Morgan fingerprint density at radius 1 is 1.35 bits per heavy atom. The summed E-state index contributed by atoms with van der Waals surface area (Å²) in [5.41, 5.74) is 1.26. The van der Waals surface area contributed by atoms with Gasteiger partial charge in [0.25, 0.3) is 0 Å². The van der Waals surface area contributed by atoms with Crippen molar-refractivity contribution in [2.24, 2.45) is 0 Å². The Balaban J connectivity index is 1.72. The molecule has 20 heavy (non-hydrogen) atoms. The summed E-state index contributed by atoms with van der Waals surface area (Å²) in [6, 6.07) is 9.72. The van der Waals surface area contributed by atoms with Crippen LogP contribution in [0.15, 0.2) is 24.3 Å².